The Hall–Kier alpha value is -1.88. The van der Waals surface area contributed by atoms with Crippen LogP contribution in [0, 0.1) is 5.92 Å². The molecule has 2 amide bonds. The first kappa shape index (κ1) is 17.9. The fourth-order valence-electron chi connectivity index (χ4n) is 3.20. The van der Waals surface area contributed by atoms with Gasteiger partial charge < -0.3 is 10.2 Å². The highest BCUT2D eigenvalue weighted by molar-refractivity contribution is 5.81. The van der Waals surface area contributed by atoms with Gasteiger partial charge in [-0.3, -0.25) is 14.5 Å². The predicted molar refractivity (Wildman–Crippen MR) is 97.8 cm³/mol. The van der Waals surface area contributed by atoms with Crippen LogP contribution in [0.25, 0.3) is 0 Å². The molecule has 1 aromatic carbocycles. The molecule has 1 aromatic rings. The summed E-state index contributed by atoms with van der Waals surface area (Å²) in [7, 11) is 1.84. The van der Waals surface area contributed by atoms with Crippen molar-refractivity contribution >= 4 is 11.8 Å². The molecule has 0 aliphatic heterocycles. The lowest BCUT2D eigenvalue weighted by Gasteiger charge is -2.31. The summed E-state index contributed by atoms with van der Waals surface area (Å²) in [5.41, 5.74) is 1.15. The van der Waals surface area contributed by atoms with Gasteiger partial charge >= 0.3 is 0 Å². The molecule has 0 aromatic heterocycles. The summed E-state index contributed by atoms with van der Waals surface area (Å²) in [6, 6.07) is 10.7. The van der Waals surface area contributed by atoms with E-state index in [0.29, 0.717) is 18.5 Å². The minimum absolute atomic E-state index is 0.0163. The molecule has 5 heteroatoms. The van der Waals surface area contributed by atoms with E-state index in [1.807, 2.05) is 35.0 Å². The van der Waals surface area contributed by atoms with Gasteiger partial charge in [-0.2, -0.15) is 0 Å². The molecule has 2 fully saturated rings. The number of hydrogen-bond donors (Lipinski definition) is 1. The summed E-state index contributed by atoms with van der Waals surface area (Å²) >= 11 is 0. The molecular formula is C20H29N3O2. The number of hydrogen-bond acceptors (Lipinski definition) is 3. The average Bonchev–Trinajstić information content (AvgIpc) is 3.45. The van der Waals surface area contributed by atoms with E-state index in [2.05, 4.69) is 24.4 Å². The van der Waals surface area contributed by atoms with Gasteiger partial charge in [0.1, 0.15) is 0 Å². The van der Waals surface area contributed by atoms with Crippen LogP contribution in [0.2, 0.25) is 0 Å². The summed E-state index contributed by atoms with van der Waals surface area (Å²) in [5, 5.41) is 2.97. The zero-order valence-corrected chi connectivity index (χ0v) is 15.3. The number of rotatable bonds is 9. The van der Waals surface area contributed by atoms with Gasteiger partial charge in [-0.1, -0.05) is 30.3 Å². The molecular weight excluding hydrogens is 314 g/mol. The molecule has 0 bridgehead atoms. The molecule has 2 saturated carbocycles. The molecule has 1 N–H and O–H groups in total. The van der Waals surface area contributed by atoms with Gasteiger partial charge in [0.25, 0.3) is 0 Å². The Kier molecular flexibility index (Phi) is 5.74. The molecule has 0 radical (unpaired) electrons. The standard InChI is InChI=1S/C20H29N3O2/c1-15(17-8-9-17)23(12-16-6-4-3-5-7-16)20(25)14-22(2)13-19(24)21-18-10-11-18/h3-7,15,17-18H,8-14H2,1-2H3,(H,21,24)/t15-/m1/s1. The largest absolute Gasteiger partial charge is 0.352 e. The van der Waals surface area contributed by atoms with E-state index in [1.54, 1.807) is 0 Å². The van der Waals surface area contributed by atoms with Crippen molar-refractivity contribution < 1.29 is 9.59 Å². The summed E-state index contributed by atoms with van der Waals surface area (Å²) in [4.78, 5) is 28.6. The molecule has 1 atom stereocenters. The zero-order valence-electron chi connectivity index (χ0n) is 15.3. The van der Waals surface area contributed by atoms with Crippen LogP contribution >= 0.6 is 0 Å². The molecule has 25 heavy (non-hydrogen) atoms. The third-order valence-electron chi connectivity index (χ3n) is 5.07. The highest BCUT2D eigenvalue weighted by Gasteiger charge is 2.34. The van der Waals surface area contributed by atoms with Crippen molar-refractivity contribution in [2.45, 2.75) is 51.2 Å². The fraction of sp³-hybridized carbons (Fsp3) is 0.600. The van der Waals surface area contributed by atoms with E-state index in [0.717, 1.165) is 18.4 Å². The monoisotopic (exact) mass is 343 g/mol. The molecule has 136 valence electrons. The predicted octanol–water partition coefficient (Wildman–Crippen LogP) is 2.02. The Balaban J connectivity index is 1.56. The minimum Gasteiger partial charge on any atom is -0.352 e. The molecule has 2 aliphatic rings. The molecule has 0 saturated heterocycles. The quantitative estimate of drug-likeness (QED) is 0.746. The zero-order chi connectivity index (χ0) is 17.8. The third kappa shape index (κ3) is 5.56. The maximum atomic E-state index is 12.9. The Labute approximate surface area is 150 Å². The Morgan fingerprint density at radius 1 is 1.12 bits per heavy atom. The van der Waals surface area contributed by atoms with Gasteiger partial charge in [0.15, 0.2) is 0 Å². The van der Waals surface area contributed by atoms with Crippen molar-refractivity contribution in [3.8, 4) is 0 Å². The fourth-order valence-corrected chi connectivity index (χ4v) is 3.20. The van der Waals surface area contributed by atoms with E-state index in [1.165, 1.54) is 12.8 Å². The number of likely N-dealkylation sites (N-methyl/N-ethyl adjacent to an activating group) is 1. The van der Waals surface area contributed by atoms with Crippen molar-refractivity contribution in [3.05, 3.63) is 35.9 Å². The third-order valence-corrected chi connectivity index (χ3v) is 5.07. The molecule has 0 spiro atoms. The van der Waals surface area contributed by atoms with Gasteiger partial charge in [0.2, 0.25) is 11.8 Å². The molecule has 3 rings (SSSR count). The van der Waals surface area contributed by atoms with Crippen LogP contribution in [0.15, 0.2) is 30.3 Å². The van der Waals surface area contributed by atoms with E-state index < -0.39 is 0 Å². The van der Waals surface area contributed by atoms with Crippen molar-refractivity contribution in [2.24, 2.45) is 5.92 Å². The van der Waals surface area contributed by atoms with Crippen molar-refractivity contribution in [1.82, 2.24) is 15.1 Å². The maximum Gasteiger partial charge on any atom is 0.237 e. The Morgan fingerprint density at radius 2 is 1.80 bits per heavy atom. The lowest BCUT2D eigenvalue weighted by Crippen LogP contribution is -2.46. The maximum absolute atomic E-state index is 12.9. The number of amides is 2. The first-order valence-electron chi connectivity index (χ1n) is 9.34. The first-order valence-corrected chi connectivity index (χ1v) is 9.34. The van der Waals surface area contributed by atoms with E-state index in [9.17, 15) is 9.59 Å². The van der Waals surface area contributed by atoms with Crippen LogP contribution in [0.4, 0.5) is 0 Å². The second kappa shape index (κ2) is 8.00. The van der Waals surface area contributed by atoms with Crippen LogP contribution in [0.5, 0.6) is 0 Å². The molecule has 5 nitrogen and oxygen atoms in total. The molecule has 0 heterocycles. The second-order valence-corrected chi connectivity index (χ2v) is 7.60. The summed E-state index contributed by atoms with van der Waals surface area (Å²) in [6.45, 7) is 3.35. The average molecular weight is 343 g/mol. The van der Waals surface area contributed by atoms with Gasteiger partial charge in [0, 0.05) is 18.6 Å². The van der Waals surface area contributed by atoms with Crippen molar-refractivity contribution in [3.63, 3.8) is 0 Å². The van der Waals surface area contributed by atoms with Gasteiger partial charge in [-0.05, 0) is 51.1 Å². The van der Waals surface area contributed by atoms with Crippen LogP contribution in [-0.2, 0) is 16.1 Å². The summed E-state index contributed by atoms with van der Waals surface area (Å²) < 4.78 is 0. The Bertz CT molecular complexity index is 596. The number of nitrogens with zero attached hydrogens (tertiary/aromatic N) is 2. The van der Waals surface area contributed by atoms with Gasteiger partial charge in [-0.15, -0.1) is 0 Å². The van der Waals surface area contributed by atoms with Crippen molar-refractivity contribution in [2.75, 3.05) is 20.1 Å². The highest BCUT2D eigenvalue weighted by Crippen LogP contribution is 2.35. The van der Waals surface area contributed by atoms with Crippen molar-refractivity contribution in [1.29, 1.82) is 0 Å². The normalized spacial score (nSPS) is 18.0. The smallest absolute Gasteiger partial charge is 0.237 e. The van der Waals surface area contributed by atoms with E-state index >= 15 is 0 Å². The SMILES string of the molecule is C[C@H](C1CC1)N(Cc1ccccc1)C(=O)CN(C)CC(=O)NC1CC1. The Morgan fingerprint density at radius 3 is 2.40 bits per heavy atom. The minimum atomic E-state index is 0.0163. The lowest BCUT2D eigenvalue weighted by molar-refractivity contribution is -0.135. The first-order chi connectivity index (χ1) is 12.0. The number of carbonyl (C=O) groups is 2. The van der Waals surface area contributed by atoms with Crippen LogP contribution in [0.3, 0.4) is 0 Å². The van der Waals surface area contributed by atoms with Crippen LogP contribution < -0.4 is 5.32 Å². The van der Waals surface area contributed by atoms with E-state index in [-0.39, 0.29) is 30.9 Å². The van der Waals surface area contributed by atoms with Gasteiger partial charge in [-0.25, -0.2) is 0 Å². The lowest BCUT2D eigenvalue weighted by atomic mass is 10.1. The molecule has 0 unspecified atom stereocenters. The molecule has 2 aliphatic carbocycles. The second-order valence-electron chi connectivity index (χ2n) is 7.60. The number of carbonyl (C=O) groups excluding carboxylic acids is 2. The topological polar surface area (TPSA) is 52.7 Å². The number of nitrogens with one attached hydrogen (secondary N) is 1. The summed E-state index contributed by atoms with van der Waals surface area (Å²) in [5.74, 6) is 0.740. The van der Waals surface area contributed by atoms with E-state index in [4.69, 9.17) is 0 Å². The number of benzene rings is 1. The van der Waals surface area contributed by atoms with Crippen LogP contribution in [-0.4, -0.2) is 53.8 Å². The highest BCUT2D eigenvalue weighted by atomic mass is 16.2. The summed E-state index contributed by atoms with van der Waals surface area (Å²) in [6.07, 6.45) is 4.58. The van der Waals surface area contributed by atoms with Gasteiger partial charge in [0.05, 0.1) is 13.1 Å². The van der Waals surface area contributed by atoms with Crippen LogP contribution in [0.1, 0.15) is 38.2 Å².